The number of benzene rings is 2. The highest BCUT2D eigenvalue weighted by Gasteiger charge is 2.20. The van der Waals surface area contributed by atoms with Crippen molar-refractivity contribution in [1.82, 2.24) is 0 Å². The second-order valence-corrected chi connectivity index (χ2v) is 6.70. The average molecular weight is 398 g/mol. The summed E-state index contributed by atoms with van der Waals surface area (Å²) in [6, 6.07) is 9.13. The molecule has 0 unspecified atom stereocenters. The van der Waals surface area contributed by atoms with Gasteiger partial charge in [-0.25, -0.2) is 0 Å². The summed E-state index contributed by atoms with van der Waals surface area (Å²) >= 11 is 0. The molecule has 154 valence electrons. The molecule has 2 amide bonds. The van der Waals surface area contributed by atoms with Crippen LogP contribution in [0.15, 0.2) is 30.3 Å². The lowest BCUT2D eigenvalue weighted by Gasteiger charge is -2.16. The van der Waals surface area contributed by atoms with Crippen LogP contribution in [0.2, 0.25) is 0 Å². The fourth-order valence-electron chi connectivity index (χ4n) is 3.50. The average Bonchev–Trinajstić information content (AvgIpc) is 3.21. The molecule has 7 nitrogen and oxygen atoms in total. The molecule has 1 aliphatic rings. The van der Waals surface area contributed by atoms with Gasteiger partial charge in [-0.15, -0.1) is 0 Å². The van der Waals surface area contributed by atoms with Gasteiger partial charge in [-0.2, -0.15) is 0 Å². The second-order valence-electron chi connectivity index (χ2n) is 6.70. The number of nitrogens with one attached hydrogen (secondary N) is 2. The first kappa shape index (κ1) is 20.7. The van der Waals surface area contributed by atoms with E-state index in [0.29, 0.717) is 29.4 Å². The van der Waals surface area contributed by atoms with Crippen molar-refractivity contribution in [3.63, 3.8) is 0 Å². The zero-order chi connectivity index (χ0) is 20.8. The van der Waals surface area contributed by atoms with Crippen molar-refractivity contribution < 1.29 is 23.8 Å². The number of fused-ring (bicyclic) bond motifs is 1. The van der Waals surface area contributed by atoms with Crippen LogP contribution in [-0.2, 0) is 22.4 Å². The van der Waals surface area contributed by atoms with E-state index in [1.807, 2.05) is 19.1 Å². The molecular weight excluding hydrogens is 372 g/mol. The highest BCUT2D eigenvalue weighted by Crippen LogP contribution is 2.37. The highest BCUT2D eigenvalue weighted by atomic mass is 16.5. The summed E-state index contributed by atoms with van der Waals surface area (Å²) in [6.45, 7) is 2.15. The fraction of sp³-hybridized carbons (Fsp3) is 0.364. The van der Waals surface area contributed by atoms with Gasteiger partial charge < -0.3 is 24.8 Å². The van der Waals surface area contributed by atoms with Crippen molar-refractivity contribution in [2.75, 3.05) is 38.1 Å². The van der Waals surface area contributed by atoms with Crippen LogP contribution in [0.1, 0.15) is 34.8 Å². The van der Waals surface area contributed by atoms with Crippen molar-refractivity contribution in [1.29, 1.82) is 0 Å². The van der Waals surface area contributed by atoms with Crippen LogP contribution in [0.25, 0.3) is 0 Å². The Kier molecular flexibility index (Phi) is 6.72. The molecule has 29 heavy (non-hydrogen) atoms. The number of methoxy groups -OCH3 is 2. The van der Waals surface area contributed by atoms with Gasteiger partial charge in [0.1, 0.15) is 6.61 Å². The Bertz CT molecular complexity index is 910. The summed E-state index contributed by atoms with van der Waals surface area (Å²) in [5.74, 6) is 0.0665. The number of ether oxygens (including phenoxy) is 3. The molecule has 2 aromatic rings. The van der Waals surface area contributed by atoms with E-state index in [4.69, 9.17) is 14.2 Å². The van der Waals surface area contributed by atoms with Crippen LogP contribution >= 0.6 is 0 Å². The molecule has 3 rings (SSSR count). The van der Waals surface area contributed by atoms with Gasteiger partial charge >= 0.3 is 0 Å². The minimum Gasteiger partial charge on any atom is -0.493 e. The van der Waals surface area contributed by atoms with Gasteiger partial charge in [0.05, 0.1) is 19.9 Å². The molecule has 1 aliphatic carbocycles. The van der Waals surface area contributed by atoms with Gasteiger partial charge in [0, 0.05) is 17.9 Å². The van der Waals surface area contributed by atoms with Crippen LogP contribution in [0.5, 0.6) is 11.5 Å². The molecule has 0 fully saturated rings. The monoisotopic (exact) mass is 398 g/mol. The Morgan fingerprint density at radius 1 is 1.03 bits per heavy atom. The minimum atomic E-state index is -0.342. The van der Waals surface area contributed by atoms with E-state index in [-0.39, 0.29) is 18.4 Å². The summed E-state index contributed by atoms with van der Waals surface area (Å²) in [5, 5.41) is 5.71. The largest absolute Gasteiger partial charge is 0.493 e. The van der Waals surface area contributed by atoms with Crippen LogP contribution < -0.4 is 20.1 Å². The summed E-state index contributed by atoms with van der Waals surface area (Å²) in [4.78, 5) is 25.1. The lowest BCUT2D eigenvalue weighted by Crippen LogP contribution is -2.20. The van der Waals surface area contributed by atoms with Gasteiger partial charge in [-0.1, -0.05) is 12.1 Å². The molecule has 0 bridgehead atoms. The second kappa shape index (κ2) is 9.43. The molecule has 0 atom stereocenters. The lowest BCUT2D eigenvalue weighted by molar-refractivity contribution is -0.120. The smallest absolute Gasteiger partial charge is 0.255 e. The van der Waals surface area contributed by atoms with Crippen LogP contribution in [-0.4, -0.2) is 39.2 Å². The van der Waals surface area contributed by atoms with Crippen molar-refractivity contribution in [2.45, 2.75) is 26.2 Å². The Labute approximate surface area is 170 Å². The van der Waals surface area contributed by atoms with Gasteiger partial charge in [-0.05, 0) is 55.5 Å². The molecule has 0 saturated heterocycles. The SMILES string of the molecule is CCOCC(=O)Nc1cc(C(=O)Nc2cccc3c2CCC3)cc(OC)c1OC. The molecule has 2 N–H and O–H groups in total. The molecule has 0 radical (unpaired) electrons. The zero-order valence-electron chi connectivity index (χ0n) is 17.0. The Morgan fingerprint density at radius 2 is 1.86 bits per heavy atom. The van der Waals surface area contributed by atoms with Gasteiger partial charge in [0.15, 0.2) is 11.5 Å². The number of amides is 2. The first-order valence-electron chi connectivity index (χ1n) is 9.63. The molecular formula is C22H26N2O5. The van der Waals surface area contributed by atoms with Crippen LogP contribution in [0.3, 0.4) is 0 Å². The van der Waals surface area contributed by atoms with Gasteiger partial charge in [0.2, 0.25) is 5.91 Å². The van der Waals surface area contributed by atoms with E-state index in [0.717, 1.165) is 24.9 Å². The predicted octanol–water partition coefficient (Wildman–Crippen LogP) is 3.42. The molecule has 0 saturated carbocycles. The normalized spacial score (nSPS) is 12.2. The van der Waals surface area contributed by atoms with Gasteiger partial charge in [-0.3, -0.25) is 9.59 Å². The highest BCUT2D eigenvalue weighted by molar-refractivity contribution is 6.07. The number of hydrogen-bond acceptors (Lipinski definition) is 5. The summed E-state index contributed by atoms with van der Waals surface area (Å²) in [6.07, 6.45) is 3.08. The third kappa shape index (κ3) is 4.68. The van der Waals surface area contributed by atoms with E-state index in [2.05, 4.69) is 16.7 Å². The zero-order valence-corrected chi connectivity index (χ0v) is 17.0. The van der Waals surface area contributed by atoms with E-state index >= 15 is 0 Å². The molecule has 0 aliphatic heterocycles. The maximum absolute atomic E-state index is 12.9. The van der Waals surface area contributed by atoms with Crippen molar-refractivity contribution in [3.8, 4) is 11.5 Å². The molecule has 0 spiro atoms. The Morgan fingerprint density at radius 3 is 2.59 bits per heavy atom. The molecule has 0 heterocycles. The van der Waals surface area contributed by atoms with Gasteiger partial charge in [0.25, 0.3) is 5.91 Å². The van der Waals surface area contributed by atoms with Crippen molar-refractivity contribution in [3.05, 3.63) is 47.0 Å². The Hall–Kier alpha value is -3.06. The number of aryl methyl sites for hydroxylation is 1. The molecule has 2 aromatic carbocycles. The fourth-order valence-corrected chi connectivity index (χ4v) is 3.50. The maximum Gasteiger partial charge on any atom is 0.255 e. The first-order valence-corrected chi connectivity index (χ1v) is 9.63. The van der Waals surface area contributed by atoms with E-state index < -0.39 is 0 Å². The van der Waals surface area contributed by atoms with E-state index in [1.54, 1.807) is 12.1 Å². The predicted molar refractivity (Wildman–Crippen MR) is 111 cm³/mol. The van der Waals surface area contributed by atoms with E-state index in [1.165, 1.54) is 25.3 Å². The number of carbonyl (C=O) groups excluding carboxylic acids is 2. The standard InChI is InChI=1S/C22H26N2O5/c1-4-29-13-20(25)23-18-11-15(12-19(27-2)21(18)28-3)22(26)24-17-10-6-8-14-7-5-9-16(14)17/h6,8,10-12H,4-5,7,9,13H2,1-3H3,(H,23,25)(H,24,26). The van der Waals surface area contributed by atoms with Crippen LogP contribution in [0.4, 0.5) is 11.4 Å². The Balaban J connectivity index is 1.88. The van der Waals surface area contributed by atoms with Crippen LogP contribution in [0, 0.1) is 0 Å². The summed E-state index contributed by atoms with van der Waals surface area (Å²) in [5.41, 5.74) is 3.98. The molecule has 0 aromatic heterocycles. The lowest BCUT2D eigenvalue weighted by atomic mass is 10.1. The van der Waals surface area contributed by atoms with E-state index in [9.17, 15) is 9.59 Å². The van der Waals surface area contributed by atoms with Crippen molar-refractivity contribution >= 4 is 23.2 Å². The number of anilines is 2. The molecule has 7 heteroatoms. The number of rotatable bonds is 8. The minimum absolute atomic E-state index is 0.0887. The summed E-state index contributed by atoms with van der Waals surface area (Å²) in [7, 11) is 2.96. The topological polar surface area (TPSA) is 85.9 Å². The maximum atomic E-state index is 12.9. The van der Waals surface area contributed by atoms with Crippen molar-refractivity contribution in [2.24, 2.45) is 0 Å². The third-order valence-electron chi connectivity index (χ3n) is 4.85. The quantitative estimate of drug-likeness (QED) is 0.712. The third-order valence-corrected chi connectivity index (χ3v) is 4.85. The summed E-state index contributed by atoms with van der Waals surface area (Å²) < 4.78 is 15.9. The number of hydrogen-bond donors (Lipinski definition) is 2. The first-order chi connectivity index (χ1) is 14.1. The number of carbonyl (C=O) groups is 2.